The van der Waals surface area contributed by atoms with Gasteiger partial charge in [0.1, 0.15) is 0 Å². The lowest BCUT2D eigenvalue weighted by Gasteiger charge is -2.15. The highest BCUT2D eigenvalue weighted by atomic mass is 79.9. The molecule has 0 fully saturated rings. The fraction of sp³-hybridized carbons (Fsp3) is 0.143. The van der Waals surface area contributed by atoms with Gasteiger partial charge in [0.15, 0.2) is 0 Å². The molecule has 0 saturated heterocycles. The molecule has 2 aromatic rings. The zero-order valence-electron chi connectivity index (χ0n) is 9.45. The Balaban J connectivity index is 2.40. The minimum absolute atomic E-state index is 0.194. The summed E-state index contributed by atoms with van der Waals surface area (Å²) in [6.07, 6.45) is 0. The van der Waals surface area contributed by atoms with Gasteiger partial charge in [0.2, 0.25) is 0 Å². The first-order valence-electron chi connectivity index (χ1n) is 5.35. The first kappa shape index (κ1) is 12.6. The Kier molecular flexibility index (Phi) is 3.87. The van der Waals surface area contributed by atoms with Crippen LogP contribution in [0.15, 0.2) is 46.9 Å². The van der Waals surface area contributed by atoms with Crippen LogP contribution in [0, 0.1) is 6.92 Å². The number of aryl methyl sites for hydroxylation is 1. The predicted molar refractivity (Wildman–Crippen MR) is 76.4 cm³/mol. The third-order valence-corrected chi connectivity index (χ3v) is 4.06. The fourth-order valence-corrected chi connectivity index (χ4v) is 2.34. The number of halogens is 2. The summed E-state index contributed by atoms with van der Waals surface area (Å²) in [5.41, 5.74) is 9.45. The van der Waals surface area contributed by atoms with Gasteiger partial charge in [-0.05, 0) is 40.0 Å². The van der Waals surface area contributed by atoms with Crippen molar-refractivity contribution < 1.29 is 0 Å². The van der Waals surface area contributed by atoms with Crippen LogP contribution in [0.1, 0.15) is 22.7 Å². The molecule has 0 amide bonds. The summed E-state index contributed by atoms with van der Waals surface area (Å²) in [5, 5.41) is 0.681. The highest BCUT2D eigenvalue weighted by Crippen LogP contribution is 2.32. The second kappa shape index (κ2) is 5.21. The van der Waals surface area contributed by atoms with E-state index in [4.69, 9.17) is 17.3 Å². The van der Waals surface area contributed by atoms with E-state index in [2.05, 4.69) is 35.0 Å². The molecular formula is C14H13BrClN. The summed E-state index contributed by atoms with van der Waals surface area (Å²) in [4.78, 5) is 0. The maximum atomic E-state index is 6.24. The van der Waals surface area contributed by atoms with Crippen LogP contribution in [-0.2, 0) is 0 Å². The summed E-state index contributed by atoms with van der Waals surface area (Å²) in [6, 6.07) is 13.8. The molecule has 2 N–H and O–H groups in total. The van der Waals surface area contributed by atoms with Gasteiger partial charge in [0, 0.05) is 4.47 Å². The highest BCUT2D eigenvalue weighted by Gasteiger charge is 2.13. The van der Waals surface area contributed by atoms with Gasteiger partial charge < -0.3 is 5.73 Å². The molecule has 17 heavy (non-hydrogen) atoms. The van der Waals surface area contributed by atoms with Crippen molar-refractivity contribution in [3.05, 3.63) is 68.7 Å². The molecule has 0 saturated carbocycles. The van der Waals surface area contributed by atoms with Crippen molar-refractivity contribution >= 4 is 27.5 Å². The minimum Gasteiger partial charge on any atom is -0.320 e. The van der Waals surface area contributed by atoms with Gasteiger partial charge in [-0.15, -0.1) is 0 Å². The van der Waals surface area contributed by atoms with Crippen LogP contribution < -0.4 is 5.73 Å². The summed E-state index contributed by atoms with van der Waals surface area (Å²) < 4.78 is 0.874. The molecule has 88 valence electrons. The van der Waals surface area contributed by atoms with Crippen molar-refractivity contribution in [1.82, 2.24) is 0 Å². The molecule has 1 unspecified atom stereocenters. The molecule has 3 heteroatoms. The monoisotopic (exact) mass is 309 g/mol. The van der Waals surface area contributed by atoms with Crippen LogP contribution >= 0.6 is 27.5 Å². The van der Waals surface area contributed by atoms with E-state index in [0.717, 1.165) is 15.6 Å². The molecule has 0 bridgehead atoms. The largest absolute Gasteiger partial charge is 0.320 e. The minimum atomic E-state index is -0.194. The zero-order chi connectivity index (χ0) is 12.4. The lowest BCUT2D eigenvalue weighted by atomic mass is 9.99. The second-order valence-electron chi connectivity index (χ2n) is 4.03. The molecule has 0 heterocycles. The van der Waals surface area contributed by atoms with Crippen molar-refractivity contribution in [2.75, 3.05) is 0 Å². The summed E-state index contributed by atoms with van der Waals surface area (Å²) >= 11 is 9.65. The van der Waals surface area contributed by atoms with E-state index in [-0.39, 0.29) is 6.04 Å². The molecule has 1 atom stereocenters. The molecule has 0 aliphatic carbocycles. The zero-order valence-corrected chi connectivity index (χ0v) is 11.8. The lowest BCUT2D eigenvalue weighted by Crippen LogP contribution is -2.12. The number of rotatable bonds is 2. The summed E-state index contributed by atoms with van der Waals surface area (Å²) in [5.74, 6) is 0. The maximum Gasteiger partial charge on any atom is 0.0599 e. The normalized spacial score (nSPS) is 12.5. The van der Waals surface area contributed by atoms with Crippen LogP contribution in [-0.4, -0.2) is 0 Å². The van der Waals surface area contributed by atoms with Gasteiger partial charge in [-0.2, -0.15) is 0 Å². The molecule has 0 aliphatic heterocycles. The summed E-state index contributed by atoms with van der Waals surface area (Å²) in [6.45, 7) is 2.06. The van der Waals surface area contributed by atoms with E-state index in [1.54, 1.807) is 0 Å². The van der Waals surface area contributed by atoms with Crippen LogP contribution in [0.2, 0.25) is 5.02 Å². The SMILES string of the molecule is Cc1ccc(C(N)c2cccc(Br)c2Cl)cc1. The van der Waals surface area contributed by atoms with Gasteiger partial charge in [-0.3, -0.25) is 0 Å². The first-order valence-corrected chi connectivity index (χ1v) is 6.52. The maximum absolute atomic E-state index is 6.24. The standard InChI is InChI=1S/C14H13BrClN/c1-9-5-7-10(8-6-9)14(17)11-3-2-4-12(15)13(11)16/h2-8,14H,17H2,1H3. The smallest absolute Gasteiger partial charge is 0.0599 e. The van der Waals surface area contributed by atoms with Crippen molar-refractivity contribution in [2.45, 2.75) is 13.0 Å². The quantitative estimate of drug-likeness (QED) is 0.871. The van der Waals surface area contributed by atoms with Gasteiger partial charge in [-0.25, -0.2) is 0 Å². The van der Waals surface area contributed by atoms with Gasteiger partial charge in [0.05, 0.1) is 11.1 Å². The molecule has 0 spiro atoms. The van der Waals surface area contributed by atoms with Crippen LogP contribution in [0.4, 0.5) is 0 Å². The Labute approximate surface area is 115 Å². The average molecular weight is 311 g/mol. The van der Waals surface area contributed by atoms with Crippen molar-refractivity contribution in [2.24, 2.45) is 5.73 Å². The fourth-order valence-electron chi connectivity index (χ4n) is 1.71. The summed E-state index contributed by atoms with van der Waals surface area (Å²) in [7, 11) is 0. The van der Waals surface area contributed by atoms with E-state index in [0.29, 0.717) is 5.02 Å². The van der Waals surface area contributed by atoms with Crippen molar-refractivity contribution in [3.8, 4) is 0 Å². The lowest BCUT2D eigenvalue weighted by molar-refractivity contribution is 0.870. The number of hydrogen-bond acceptors (Lipinski definition) is 1. The molecular weight excluding hydrogens is 298 g/mol. The molecule has 2 rings (SSSR count). The van der Waals surface area contributed by atoms with Crippen LogP contribution in [0.5, 0.6) is 0 Å². The molecule has 0 radical (unpaired) electrons. The van der Waals surface area contributed by atoms with Crippen molar-refractivity contribution in [1.29, 1.82) is 0 Å². The topological polar surface area (TPSA) is 26.0 Å². The van der Waals surface area contributed by atoms with E-state index in [1.165, 1.54) is 5.56 Å². The molecule has 1 nitrogen and oxygen atoms in total. The number of nitrogens with two attached hydrogens (primary N) is 1. The molecule has 0 aromatic heterocycles. The van der Waals surface area contributed by atoms with Crippen LogP contribution in [0.25, 0.3) is 0 Å². The van der Waals surface area contributed by atoms with E-state index in [9.17, 15) is 0 Å². The Hall–Kier alpha value is -0.830. The number of hydrogen-bond donors (Lipinski definition) is 1. The Morgan fingerprint density at radius 3 is 2.41 bits per heavy atom. The van der Waals surface area contributed by atoms with E-state index >= 15 is 0 Å². The van der Waals surface area contributed by atoms with Gasteiger partial charge in [-0.1, -0.05) is 53.6 Å². The number of benzene rings is 2. The third-order valence-electron chi connectivity index (χ3n) is 2.75. The predicted octanol–water partition coefficient (Wildman–Crippen LogP) is 4.46. The van der Waals surface area contributed by atoms with Gasteiger partial charge >= 0.3 is 0 Å². The average Bonchev–Trinajstić information content (AvgIpc) is 2.33. The van der Waals surface area contributed by atoms with Gasteiger partial charge in [0.25, 0.3) is 0 Å². The molecule has 2 aromatic carbocycles. The Morgan fingerprint density at radius 1 is 1.12 bits per heavy atom. The Bertz CT molecular complexity index is 522. The third kappa shape index (κ3) is 2.71. The Morgan fingerprint density at radius 2 is 1.76 bits per heavy atom. The van der Waals surface area contributed by atoms with E-state index in [1.807, 2.05) is 30.3 Å². The molecule has 0 aliphatic rings. The van der Waals surface area contributed by atoms with Crippen molar-refractivity contribution in [3.63, 3.8) is 0 Å². The van der Waals surface area contributed by atoms with Crippen LogP contribution in [0.3, 0.4) is 0 Å². The second-order valence-corrected chi connectivity index (χ2v) is 5.26. The first-order chi connectivity index (χ1) is 8.09. The van der Waals surface area contributed by atoms with E-state index < -0.39 is 0 Å². The highest BCUT2D eigenvalue weighted by molar-refractivity contribution is 9.10.